The number of hydrogen-bond donors (Lipinski definition) is 1. The van der Waals surface area contributed by atoms with E-state index in [1.807, 2.05) is 42.3 Å². The normalized spacial score (nSPS) is 15.7. The van der Waals surface area contributed by atoms with Crippen LogP contribution in [-0.4, -0.2) is 58.5 Å². The lowest BCUT2D eigenvalue weighted by Crippen LogP contribution is -2.35. The smallest absolute Gasteiger partial charge is 0.257 e. The van der Waals surface area contributed by atoms with Gasteiger partial charge in [-0.3, -0.25) is 9.69 Å². The van der Waals surface area contributed by atoms with E-state index in [9.17, 15) is 4.79 Å². The van der Waals surface area contributed by atoms with Crippen molar-refractivity contribution in [3.63, 3.8) is 0 Å². The number of hydrogen-bond acceptors (Lipinski definition) is 4. The Labute approximate surface area is 155 Å². The second-order valence-corrected chi connectivity index (χ2v) is 6.78. The van der Waals surface area contributed by atoms with Gasteiger partial charge in [-0.2, -0.15) is 0 Å². The van der Waals surface area contributed by atoms with Gasteiger partial charge in [0, 0.05) is 38.1 Å². The Morgan fingerprint density at radius 2 is 2.08 bits per heavy atom. The number of imidazole rings is 1. The summed E-state index contributed by atoms with van der Waals surface area (Å²) >= 11 is 0. The fraction of sp³-hybridized carbons (Fsp3) is 0.500. The van der Waals surface area contributed by atoms with Crippen LogP contribution in [0.5, 0.6) is 5.75 Å². The van der Waals surface area contributed by atoms with Crippen molar-refractivity contribution >= 4 is 5.91 Å². The maximum Gasteiger partial charge on any atom is 0.257 e. The van der Waals surface area contributed by atoms with Crippen LogP contribution in [0.2, 0.25) is 0 Å². The van der Waals surface area contributed by atoms with Crippen molar-refractivity contribution in [3.05, 3.63) is 47.5 Å². The zero-order valence-electron chi connectivity index (χ0n) is 15.7. The summed E-state index contributed by atoms with van der Waals surface area (Å²) in [6.07, 6.45) is 3.74. The van der Waals surface area contributed by atoms with Gasteiger partial charge in [-0.05, 0) is 31.9 Å². The zero-order chi connectivity index (χ0) is 18.4. The number of aromatic nitrogens is 2. The molecule has 3 rings (SSSR count). The maximum atomic E-state index is 13.0. The number of rotatable bonds is 6. The molecule has 0 aliphatic carbocycles. The SMILES string of the molecule is CCCOc1ccccc1C(=O)N1CCCN(Cc2ncc(C)[nH]2)CC1. The molecule has 6 nitrogen and oxygen atoms in total. The summed E-state index contributed by atoms with van der Waals surface area (Å²) in [4.78, 5) is 25.0. The van der Waals surface area contributed by atoms with Crippen LogP contribution in [0.3, 0.4) is 0 Å². The largest absolute Gasteiger partial charge is 0.493 e. The van der Waals surface area contributed by atoms with Crippen molar-refractivity contribution < 1.29 is 9.53 Å². The number of nitrogens with zero attached hydrogens (tertiary/aromatic N) is 3. The van der Waals surface area contributed by atoms with Gasteiger partial charge in [0.25, 0.3) is 5.91 Å². The first-order valence-electron chi connectivity index (χ1n) is 9.41. The molecule has 2 heterocycles. The molecule has 6 heteroatoms. The van der Waals surface area contributed by atoms with Gasteiger partial charge in [-0.1, -0.05) is 19.1 Å². The van der Waals surface area contributed by atoms with Crippen molar-refractivity contribution in [2.24, 2.45) is 0 Å². The third-order valence-corrected chi connectivity index (χ3v) is 4.58. The van der Waals surface area contributed by atoms with E-state index in [0.717, 1.165) is 57.1 Å². The van der Waals surface area contributed by atoms with Gasteiger partial charge in [-0.25, -0.2) is 4.98 Å². The predicted molar refractivity (Wildman–Crippen MR) is 101 cm³/mol. The molecular weight excluding hydrogens is 328 g/mol. The van der Waals surface area contributed by atoms with E-state index in [1.54, 1.807) is 0 Å². The Morgan fingerprint density at radius 1 is 1.23 bits per heavy atom. The molecule has 1 saturated heterocycles. The van der Waals surface area contributed by atoms with Crippen LogP contribution in [0.25, 0.3) is 0 Å². The number of aromatic amines is 1. The number of benzene rings is 1. The lowest BCUT2D eigenvalue weighted by molar-refractivity contribution is 0.0756. The standard InChI is InChI=1S/C20H28N4O2/c1-3-13-26-18-8-5-4-7-17(18)20(25)24-10-6-9-23(11-12-24)15-19-21-14-16(2)22-19/h4-5,7-8,14H,3,6,9-13,15H2,1-2H3,(H,21,22). The van der Waals surface area contributed by atoms with Crippen LogP contribution in [0.1, 0.15) is 41.6 Å². The van der Waals surface area contributed by atoms with Crippen molar-refractivity contribution in [2.75, 3.05) is 32.8 Å². The van der Waals surface area contributed by atoms with E-state index in [4.69, 9.17) is 4.74 Å². The molecule has 26 heavy (non-hydrogen) atoms. The molecule has 140 valence electrons. The van der Waals surface area contributed by atoms with Gasteiger partial charge in [-0.15, -0.1) is 0 Å². The number of para-hydroxylation sites is 1. The number of carbonyl (C=O) groups is 1. The van der Waals surface area contributed by atoms with Gasteiger partial charge < -0.3 is 14.6 Å². The van der Waals surface area contributed by atoms with Gasteiger partial charge >= 0.3 is 0 Å². The predicted octanol–water partition coefficient (Wildman–Crippen LogP) is 2.86. The fourth-order valence-electron chi connectivity index (χ4n) is 3.24. The lowest BCUT2D eigenvalue weighted by atomic mass is 10.1. The summed E-state index contributed by atoms with van der Waals surface area (Å²) in [5.41, 5.74) is 1.74. The molecule has 1 fully saturated rings. The quantitative estimate of drug-likeness (QED) is 0.865. The minimum absolute atomic E-state index is 0.0624. The molecule has 1 aromatic heterocycles. The van der Waals surface area contributed by atoms with E-state index in [-0.39, 0.29) is 5.91 Å². The first-order valence-corrected chi connectivity index (χ1v) is 9.41. The van der Waals surface area contributed by atoms with Crippen LogP contribution >= 0.6 is 0 Å². The zero-order valence-corrected chi connectivity index (χ0v) is 15.7. The Kier molecular flexibility index (Phi) is 6.28. The molecule has 0 atom stereocenters. The van der Waals surface area contributed by atoms with Crippen molar-refractivity contribution in [1.82, 2.24) is 19.8 Å². The summed E-state index contributed by atoms with van der Waals surface area (Å²) < 4.78 is 5.76. The molecule has 1 aromatic carbocycles. The van der Waals surface area contributed by atoms with Gasteiger partial charge in [0.05, 0.1) is 18.7 Å². The first-order chi connectivity index (χ1) is 12.7. The first kappa shape index (κ1) is 18.5. The third-order valence-electron chi connectivity index (χ3n) is 4.58. The molecule has 0 radical (unpaired) electrons. The average Bonchev–Trinajstić information content (AvgIpc) is 2.92. The highest BCUT2D eigenvalue weighted by molar-refractivity contribution is 5.97. The minimum Gasteiger partial charge on any atom is -0.493 e. The molecular formula is C20H28N4O2. The van der Waals surface area contributed by atoms with E-state index in [2.05, 4.69) is 21.8 Å². The van der Waals surface area contributed by atoms with E-state index < -0.39 is 0 Å². The molecule has 2 aromatic rings. The number of H-pyrrole nitrogens is 1. The summed E-state index contributed by atoms with van der Waals surface area (Å²) in [5, 5.41) is 0. The van der Waals surface area contributed by atoms with Gasteiger partial charge in [0.15, 0.2) is 0 Å². The monoisotopic (exact) mass is 356 g/mol. The van der Waals surface area contributed by atoms with Crippen molar-refractivity contribution in [2.45, 2.75) is 33.2 Å². The van der Waals surface area contributed by atoms with E-state index in [1.165, 1.54) is 0 Å². The molecule has 0 spiro atoms. The minimum atomic E-state index is 0.0624. The highest BCUT2D eigenvalue weighted by Crippen LogP contribution is 2.21. The Bertz CT molecular complexity index is 728. The van der Waals surface area contributed by atoms with Gasteiger partial charge in [0.1, 0.15) is 11.6 Å². The number of ether oxygens (including phenoxy) is 1. The number of nitrogens with one attached hydrogen (secondary N) is 1. The second-order valence-electron chi connectivity index (χ2n) is 6.78. The van der Waals surface area contributed by atoms with Crippen molar-refractivity contribution in [3.8, 4) is 5.75 Å². The fourth-order valence-corrected chi connectivity index (χ4v) is 3.24. The molecule has 0 unspecified atom stereocenters. The molecule has 0 bridgehead atoms. The van der Waals surface area contributed by atoms with Crippen LogP contribution in [-0.2, 0) is 6.54 Å². The number of aryl methyl sites for hydroxylation is 1. The lowest BCUT2D eigenvalue weighted by Gasteiger charge is -2.22. The highest BCUT2D eigenvalue weighted by atomic mass is 16.5. The van der Waals surface area contributed by atoms with Crippen LogP contribution in [0.15, 0.2) is 30.5 Å². The van der Waals surface area contributed by atoms with Gasteiger partial charge in [0.2, 0.25) is 0 Å². The summed E-state index contributed by atoms with van der Waals surface area (Å²) in [5.74, 6) is 1.74. The summed E-state index contributed by atoms with van der Waals surface area (Å²) in [6.45, 7) is 8.81. The Balaban J connectivity index is 1.62. The number of amides is 1. The Morgan fingerprint density at radius 3 is 2.85 bits per heavy atom. The molecule has 1 N–H and O–H groups in total. The van der Waals surface area contributed by atoms with E-state index in [0.29, 0.717) is 17.9 Å². The molecule has 1 aliphatic rings. The molecule has 1 aliphatic heterocycles. The van der Waals surface area contributed by atoms with E-state index >= 15 is 0 Å². The van der Waals surface area contributed by atoms with Crippen molar-refractivity contribution in [1.29, 1.82) is 0 Å². The van der Waals surface area contributed by atoms with Crippen LogP contribution in [0.4, 0.5) is 0 Å². The number of carbonyl (C=O) groups excluding carboxylic acids is 1. The average molecular weight is 356 g/mol. The molecule has 0 saturated carbocycles. The topological polar surface area (TPSA) is 61.5 Å². The maximum absolute atomic E-state index is 13.0. The third kappa shape index (κ3) is 4.64. The summed E-state index contributed by atoms with van der Waals surface area (Å²) in [6, 6.07) is 7.56. The highest BCUT2D eigenvalue weighted by Gasteiger charge is 2.23. The molecule has 1 amide bonds. The Hall–Kier alpha value is -2.34. The summed E-state index contributed by atoms with van der Waals surface area (Å²) in [7, 11) is 0. The second kappa shape index (κ2) is 8.85. The van der Waals surface area contributed by atoms with Crippen LogP contribution < -0.4 is 4.74 Å². The van der Waals surface area contributed by atoms with Crippen LogP contribution in [0, 0.1) is 6.92 Å².